The largest absolute Gasteiger partial charge is 0.491 e. The van der Waals surface area contributed by atoms with Crippen LogP contribution in [-0.4, -0.2) is 19.6 Å². The minimum absolute atomic E-state index is 0.0970. The van der Waals surface area contributed by atoms with Gasteiger partial charge >= 0.3 is 0 Å². The molecule has 0 saturated heterocycles. The Labute approximate surface area is 80.9 Å². The molecule has 1 aromatic rings. The smallest absolute Gasteiger partial charge is 0.250 e. The van der Waals surface area contributed by atoms with Crippen molar-refractivity contribution < 1.29 is 13.5 Å². The third-order valence-electron chi connectivity index (χ3n) is 2.22. The fraction of sp³-hybridized carbons (Fsp3) is 0.400. The summed E-state index contributed by atoms with van der Waals surface area (Å²) in [5, 5.41) is 2.76. The predicted molar refractivity (Wildman–Crippen MR) is 48.7 cm³/mol. The van der Waals surface area contributed by atoms with Crippen LogP contribution in [0.25, 0.3) is 0 Å². The molecule has 1 aromatic carbocycles. The summed E-state index contributed by atoms with van der Waals surface area (Å²) in [6.45, 7) is 0.147. The summed E-state index contributed by atoms with van der Waals surface area (Å²) >= 11 is 0. The van der Waals surface area contributed by atoms with Crippen molar-refractivity contribution in [1.82, 2.24) is 5.32 Å². The molecule has 0 spiro atoms. The van der Waals surface area contributed by atoms with Crippen LogP contribution in [0.4, 0.5) is 8.78 Å². The number of alkyl halides is 2. The van der Waals surface area contributed by atoms with E-state index in [1.807, 2.05) is 24.3 Å². The predicted octanol–water partition coefficient (Wildman–Crippen LogP) is 1.97. The number of para-hydroxylation sites is 1. The van der Waals surface area contributed by atoms with Gasteiger partial charge in [-0.05, 0) is 6.07 Å². The van der Waals surface area contributed by atoms with Crippen molar-refractivity contribution in [3.8, 4) is 5.75 Å². The van der Waals surface area contributed by atoms with E-state index in [2.05, 4.69) is 5.32 Å². The van der Waals surface area contributed by atoms with E-state index in [0.717, 1.165) is 11.3 Å². The van der Waals surface area contributed by atoms with E-state index in [4.69, 9.17) is 4.74 Å². The first-order valence-electron chi connectivity index (χ1n) is 4.50. The van der Waals surface area contributed by atoms with Crippen LogP contribution in [0.15, 0.2) is 24.3 Å². The van der Waals surface area contributed by atoms with Crippen LogP contribution >= 0.6 is 0 Å². The van der Waals surface area contributed by atoms with E-state index in [-0.39, 0.29) is 12.6 Å². The molecule has 76 valence electrons. The second kappa shape index (κ2) is 3.92. The Bertz CT molecular complexity index is 317. The molecular formula is C10H11F2NO. The summed E-state index contributed by atoms with van der Waals surface area (Å²) < 4.78 is 29.3. The highest BCUT2D eigenvalue weighted by molar-refractivity contribution is 5.39. The molecular weight excluding hydrogens is 188 g/mol. The Balaban J connectivity index is 2.03. The van der Waals surface area contributed by atoms with Gasteiger partial charge in [0.05, 0.1) is 12.6 Å². The van der Waals surface area contributed by atoms with E-state index in [1.54, 1.807) is 0 Å². The average molecular weight is 199 g/mol. The standard InChI is InChI=1S/C10H11F2NO/c11-10(12)5-13-8-6-14-9-4-2-1-3-7(8)9/h1-4,8,10,13H,5-6H2. The van der Waals surface area contributed by atoms with Crippen molar-refractivity contribution in [2.45, 2.75) is 12.5 Å². The van der Waals surface area contributed by atoms with E-state index >= 15 is 0 Å². The maximum Gasteiger partial charge on any atom is 0.250 e. The second-order valence-corrected chi connectivity index (χ2v) is 3.20. The summed E-state index contributed by atoms with van der Waals surface area (Å²) in [6.07, 6.45) is -2.32. The van der Waals surface area contributed by atoms with Crippen LogP contribution in [0.3, 0.4) is 0 Å². The molecule has 4 heteroatoms. The zero-order chi connectivity index (χ0) is 9.97. The summed E-state index contributed by atoms with van der Waals surface area (Å²) in [6, 6.07) is 7.39. The minimum Gasteiger partial charge on any atom is -0.491 e. The second-order valence-electron chi connectivity index (χ2n) is 3.20. The van der Waals surface area contributed by atoms with Gasteiger partial charge in [0, 0.05) is 5.56 Å². The van der Waals surface area contributed by atoms with Crippen molar-refractivity contribution in [3.05, 3.63) is 29.8 Å². The van der Waals surface area contributed by atoms with Crippen molar-refractivity contribution >= 4 is 0 Å². The van der Waals surface area contributed by atoms with E-state index in [0.29, 0.717) is 6.61 Å². The Morgan fingerprint density at radius 3 is 3.00 bits per heavy atom. The minimum atomic E-state index is -2.32. The van der Waals surface area contributed by atoms with Crippen LogP contribution in [-0.2, 0) is 0 Å². The molecule has 1 atom stereocenters. The van der Waals surface area contributed by atoms with Crippen LogP contribution in [0.5, 0.6) is 5.75 Å². The number of benzene rings is 1. The monoisotopic (exact) mass is 199 g/mol. The highest BCUT2D eigenvalue weighted by atomic mass is 19.3. The van der Waals surface area contributed by atoms with Crippen LogP contribution in [0, 0.1) is 0 Å². The maximum atomic E-state index is 12.0. The first-order chi connectivity index (χ1) is 6.77. The van der Waals surface area contributed by atoms with Gasteiger partial charge in [0.2, 0.25) is 0 Å². The molecule has 0 aliphatic carbocycles. The van der Waals surface area contributed by atoms with Gasteiger partial charge in [-0.3, -0.25) is 0 Å². The third-order valence-corrected chi connectivity index (χ3v) is 2.22. The van der Waals surface area contributed by atoms with Gasteiger partial charge in [-0.2, -0.15) is 0 Å². The highest BCUT2D eigenvalue weighted by Crippen LogP contribution is 2.31. The summed E-state index contributed by atoms with van der Waals surface area (Å²) in [7, 11) is 0. The number of nitrogens with one attached hydrogen (secondary N) is 1. The first kappa shape index (κ1) is 9.40. The fourth-order valence-corrected chi connectivity index (χ4v) is 1.56. The summed E-state index contributed by atoms with van der Waals surface area (Å²) in [5.41, 5.74) is 0.966. The number of ether oxygens (including phenoxy) is 1. The average Bonchev–Trinajstić information content (AvgIpc) is 2.58. The van der Waals surface area contributed by atoms with Gasteiger partial charge in [-0.1, -0.05) is 18.2 Å². The zero-order valence-electron chi connectivity index (χ0n) is 7.54. The number of hydrogen-bond donors (Lipinski definition) is 1. The molecule has 1 aliphatic heterocycles. The van der Waals surface area contributed by atoms with Gasteiger partial charge in [0.25, 0.3) is 6.43 Å². The summed E-state index contributed by atoms with van der Waals surface area (Å²) in [5.74, 6) is 0.791. The van der Waals surface area contributed by atoms with Gasteiger partial charge in [-0.15, -0.1) is 0 Å². The fourth-order valence-electron chi connectivity index (χ4n) is 1.56. The first-order valence-corrected chi connectivity index (χ1v) is 4.50. The van der Waals surface area contributed by atoms with Crippen molar-refractivity contribution in [2.24, 2.45) is 0 Å². The lowest BCUT2D eigenvalue weighted by molar-refractivity contribution is 0.139. The third kappa shape index (κ3) is 1.85. The highest BCUT2D eigenvalue weighted by Gasteiger charge is 2.23. The topological polar surface area (TPSA) is 21.3 Å². The van der Waals surface area contributed by atoms with Crippen LogP contribution in [0.2, 0.25) is 0 Å². The number of hydrogen-bond acceptors (Lipinski definition) is 2. The Kier molecular flexibility index (Phi) is 2.63. The molecule has 1 N–H and O–H groups in total. The SMILES string of the molecule is FC(F)CNC1COc2ccccc21. The van der Waals surface area contributed by atoms with Crippen molar-refractivity contribution in [1.29, 1.82) is 0 Å². The molecule has 2 rings (SSSR count). The normalized spacial score (nSPS) is 19.5. The molecule has 2 nitrogen and oxygen atoms in total. The molecule has 0 aromatic heterocycles. The molecule has 0 saturated carbocycles. The van der Waals surface area contributed by atoms with E-state index in [1.165, 1.54) is 0 Å². The molecule has 14 heavy (non-hydrogen) atoms. The Morgan fingerprint density at radius 2 is 2.21 bits per heavy atom. The van der Waals surface area contributed by atoms with E-state index < -0.39 is 6.43 Å². The zero-order valence-corrected chi connectivity index (χ0v) is 7.54. The van der Waals surface area contributed by atoms with Crippen LogP contribution < -0.4 is 10.1 Å². The Morgan fingerprint density at radius 1 is 1.43 bits per heavy atom. The maximum absolute atomic E-state index is 12.0. The van der Waals surface area contributed by atoms with Gasteiger partial charge in [0.1, 0.15) is 12.4 Å². The molecule has 1 unspecified atom stereocenters. The van der Waals surface area contributed by atoms with Crippen molar-refractivity contribution in [2.75, 3.05) is 13.2 Å². The molecule has 1 aliphatic rings. The van der Waals surface area contributed by atoms with Gasteiger partial charge in [-0.25, -0.2) is 8.78 Å². The lowest BCUT2D eigenvalue weighted by Gasteiger charge is -2.10. The summed E-state index contributed by atoms with van der Waals surface area (Å²) in [4.78, 5) is 0. The number of fused-ring (bicyclic) bond motifs is 1. The van der Waals surface area contributed by atoms with Gasteiger partial charge in [0.15, 0.2) is 0 Å². The van der Waals surface area contributed by atoms with Gasteiger partial charge < -0.3 is 10.1 Å². The molecule has 0 amide bonds. The molecule has 0 fully saturated rings. The lowest BCUT2D eigenvalue weighted by atomic mass is 10.1. The quantitative estimate of drug-likeness (QED) is 0.803. The lowest BCUT2D eigenvalue weighted by Crippen LogP contribution is -2.27. The van der Waals surface area contributed by atoms with E-state index in [9.17, 15) is 8.78 Å². The van der Waals surface area contributed by atoms with Crippen LogP contribution in [0.1, 0.15) is 11.6 Å². The molecule has 1 heterocycles. The number of halogens is 2. The Hall–Kier alpha value is -1.16. The molecule has 0 radical (unpaired) electrons. The number of rotatable bonds is 3. The molecule has 0 bridgehead atoms. The van der Waals surface area contributed by atoms with Crippen molar-refractivity contribution in [3.63, 3.8) is 0 Å².